The van der Waals surface area contributed by atoms with Crippen LogP contribution in [0, 0.1) is 5.82 Å². The first-order valence-corrected chi connectivity index (χ1v) is 4.91. The predicted octanol–water partition coefficient (Wildman–Crippen LogP) is 1.13. The van der Waals surface area contributed by atoms with Crippen LogP contribution < -0.4 is 5.73 Å². The topological polar surface area (TPSA) is 78.6 Å². The Balaban J connectivity index is 2.61. The van der Waals surface area contributed by atoms with Gasteiger partial charge in [0.1, 0.15) is 5.82 Å². The Morgan fingerprint density at radius 2 is 2.00 bits per heavy atom. The minimum atomic E-state index is -0.829. The van der Waals surface area contributed by atoms with Crippen molar-refractivity contribution in [2.24, 2.45) is 0 Å². The molecule has 0 unspecified atom stereocenters. The van der Waals surface area contributed by atoms with Crippen LogP contribution in [0.1, 0.15) is 17.3 Å². The molecule has 0 amide bonds. The number of esters is 2. The van der Waals surface area contributed by atoms with E-state index in [0.29, 0.717) is 0 Å². The number of anilines is 1. The van der Waals surface area contributed by atoms with Crippen molar-refractivity contribution >= 4 is 17.6 Å². The summed E-state index contributed by atoms with van der Waals surface area (Å²) in [5.74, 6) is -2.14. The Kier molecular flexibility index (Phi) is 4.45. The Morgan fingerprint density at radius 1 is 1.29 bits per heavy atom. The maximum Gasteiger partial charge on any atom is 0.344 e. The lowest BCUT2D eigenvalue weighted by Gasteiger charge is -2.05. The van der Waals surface area contributed by atoms with Gasteiger partial charge < -0.3 is 15.2 Å². The Morgan fingerprint density at radius 3 is 2.59 bits per heavy atom. The number of benzene rings is 1. The SMILES string of the molecule is CCOC(=O)COC(=O)c1cc(N)cc(F)c1. The summed E-state index contributed by atoms with van der Waals surface area (Å²) in [6.07, 6.45) is 0. The molecule has 6 heteroatoms. The van der Waals surface area contributed by atoms with Gasteiger partial charge in [-0.3, -0.25) is 0 Å². The molecule has 0 atom stereocenters. The third-order valence-corrected chi connectivity index (χ3v) is 1.78. The number of carbonyl (C=O) groups is 2. The Labute approximate surface area is 97.3 Å². The molecular formula is C11H12FNO4. The van der Waals surface area contributed by atoms with E-state index in [4.69, 9.17) is 5.73 Å². The molecule has 2 N–H and O–H groups in total. The number of nitrogens with two attached hydrogens (primary N) is 1. The number of ether oxygens (including phenoxy) is 2. The zero-order valence-corrected chi connectivity index (χ0v) is 9.23. The molecule has 0 aliphatic carbocycles. The van der Waals surface area contributed by atoms with Crippen LogP contribution in [0.2, 0.25) is 0 Å². The molecule has 92 valence electrons. The monoisotopic (exact) mass is 241 g/mol. The van der Waals surface area contributed by atoms with Gasteiger partial charge in [0.2, 0.25) is 0 Å². The first-order chi connectivity index (χ1) is 8.02. The number of carbonyl (C=O) groups excluding carboxylic acids is 2. The lowest BCUT2D eigenvalue weighted by atomic mass is 10.2. The second-order valence-electron chi connectivity index (χ2n) is 3.15. The summed E-state index contributed by atoms with van der Waals surface area (Å²) >= 11 is 0. The number of halogens is 1. The van der Waals surface area contributed by atoms with Gasteiger partial charge in [0.25, 0.3) is 0 Å². The molecule has 0 fully saturated rings. The molecule has 0 aromatic heterocycles. The molecule has 17 heavy (non-hydrogen) atoms. The fourth-order valence-corrected chi connectivity index (χ4v) is 1.14. The molecule has 1 aromatic carbocycles. The summed E-state index contributed by atoms with van der Waals surface area (Å²) in [6.45, 7) is 1.32. The highest BCUT2D eigenvalue weighted by Crippen LogP contribution is 2.11. The summed E-state index contributed by atoms with van der Waals surface area (Å²) in [5.41, 5.74) is 5.42. The second-order valence-corrected chi connectivity index (χ2v) is 3.15. The van der Waals surface area contributed by atoms with Crippen molar-refractivity contribution in [2.45, 2.75) is 6.92 Å². The van der Waals surface area contributed by atoms with Crippen molar-refractivity contribution in [1.82, 2.24) is 0 Å². The smallest absolute Gasteiger partial charge is 0.344 e. The fraction of sp³-hybridized carbons (Fsp3) is 0.273. The van der Waals surface area contributed by atoms with Crippen LogP contribution in [0.25, 0.3) is 0 Å². The highest BCUT2D eigenvalue weighted by atomic mass is 19.1. The van der Waals surface area contributed by atoms with E-state index in [9.17, 15) is 14.0 Å². The van der Waals surface area contributed by atoms with Gasteiger partial charge in [0, 0.05) is 5.69 Å². The Bertz CT molecular complexity index is 413. The summed E-state index contributed by atoms with van der Waals surface area (Å²) in [7, 11) is 0. The minimum Gasteiger partial charge on any atom is -0.463 e. The molecular weight excluding hydrogens is 229 g/mol. The number of hydrogen-bond acceptors (Lipinski definition) is 5. The average Bonchev–Trinajstić information content (AvgIpc) is 2.25. The van der Waals surface area contributed by atoms with Crippen LogP contribution in [-0.2, 0) is 14.3 Å². The summed E-state index contributed by atoms with van der Waals surface area (Å²) < 4.78 is 22.1. The lowest BCUT2D eigenvalue weighted by Crippen LogP contribution is -2.16. The molecule has 1 aromatic rings. The highest BCUT2D eigenvalue weighted by Gasteiger charge is 2.12. The van der Waals surface area contributed by atoms with E-state index >= 15 is 0 Å². The number of rotatable bonds is 4. The molecule has 0 aliphatic heterocycles. The third kappa shape index (κ3) is 4.10. The van der Waals surface area contributed by atoms with Gasteiger partial charge in [-0.25, -0.2) is 14.0 Å². The zero-order valence-electron chi connectivity index (χ0n) is 9.23. The molecule has 1 rings (SSSR count). The summed E-state index contributed by atoms with van der Waals surface area (Å²) in [5, 5.41) is 0. The number of hydrogen-bond donors (Lipinski definition) is 1. The van der Waals surface area contributed by atoms with E-state index < -0.39 is 24.4 Å². The van der Waals surface area contributed by atoms with E-state index in [0.717, 1.165) is 12.1 Å². The Hall–Kier alpha value is -2.11. The highest BCUT2D eigenvalue weighted by molar-refractivity contribution is 5.91. The van der Waals surface area contributed by atoms with Gasteiger partial charge >= 0.3 is 11.9 Å². The largest absolute Gasteiger partial charge is 0.463 e. The maximum absolute atomic E-state index is 12.9. The molecule has 0 radical (unpaired) electrons. The van der Waals surface area contributed by atoms with Crippen LogP contribution in [0.3, 0.4) is 0 Å². The van der Waals surface area contributed by atoms with Crippen molar-refractivity contribution < 1.29 is 23.5 Å². The van der Waals surface area contributed by atoms with E-state index in [1.807, 2.05) is 0 Å². The van der Waals surface area contributed by atoms with Crippen LogP contribution in [0.15, 0.2) is 18.2 Å². The lowest BCUT2D eigenvalue weighted by molar-refractivity contribution is -0.146. The van der Waals surface area contributed by atoms with Gasteiger partial charge in [-0.2, -0.15) is 0 Å². The zero-order chi connectivity index (χ0) is 12.8. The van der Waals surface area contributed by atoms with Crippen molar-refractivity contribution in [3.8, 4) is 0 Å². The van der Waals surface area contributed by atoms with Crippen molar-refractivity contribution in [2.75, 3.05) is 18.9 Å². The van der Waals surface area contributed by atoms with E-state index in [2.05, 4.69) is 9.47 Å². The number of nitrogen functional groups attached to an aromatic ring is 1. The summed E-state index contributed by atoms with van der Waals surface area (Å²) in [4.78, 5) is 22.3. The van der Waals surface area contributed by atoms with Crippen molar-refractivity contribution in [1.29, 1.82) is 0 Å². The molecule has 0 spiro atoms. The fourth-order valence-electron chi connectivity index (χ4n) is 1.14. The van der Waals surface area contributed by atoms with Crippen LogP contribution in [0.5, 0.6) is 0 Å². The van der Waals surface area contributed by atoms with Gasteiger partial charge in [-0.15, -0.1) is 0 Å². The van der Waals surface area contributed by atoms with E-state index in [1.165, 1.54) is 6.07 Å². The van der Waals surface area contributed by atoms with Gasteiger partial charge in [-0.05, 0) is 25.1 Å². The molecule has 0 saturated carbocycles. The first kappa shape index (κ1) is 13.0. The standard InChI is InChI=1S/C11H12FNO4/c1-2-16-10(14)6-17-11(15)7-3-8(12)5-9(13)4-7/h3-5H,2,6,13H2,1H3. The van der Waals surface area contributed by atoms with Gasteiger partial charge in [-0.1, -0.05) is 0 Å². The predicted molar refractivity (Wildman–Crippen MR) is 57.7 cm³/mol. The van der Waals surface area contributed by atoms with Crippen LogP contribution in [0.4, 0.5) is 10.1 Å². The first-order valence-electron chi connectivity index (χ1n) is 4.91. The third-order valence-electron chi connectivity index (χ3n) is 1.78. The van der Waals surface area contributed by atoms with Gasteiger partial charge in [0.05, 0.1) is 12.2 Å². The van der Waals surface area contributed by atoms with Crippen LogP contribution >= 0.6 is 0 Å². The van der Waals surface area contributed by atoms with Crippen LogP contribution in [-0.4, -0.2) is 25.2 Å². The van der Waals surface area contributed by atoms with Gasteiger partial charge in [0.15, 0.2) is 6.61 Å². The normalized spacial score (nSPS) is 9.76. The molecule has 5 nitrogen and oxygen atoms in total. The molecule has 0 heterocycles. The van der Waals surface area contributed by atoms with Crippen molar-refractivity contribution in [3.63, 3.8) is 0 Å². The van der Waals surface area contributed by atoms with E-state index in [-0.39, 0.29) is 17.9 Å². The quantitative estimate of drug-likeness (QED) is 0.631. The summed E-state index contributed by atoms with van der Waals surface area (Å²) in [6, 6.07) is 3.31. The molecule has 0 aliphatic rings. The second kappa shape index (κ2) is 5.83. The maximum atomic E-state index is 12.9. The van der Waals surface area contributed by atoms with E-state index in [1.54, 1.807) is 6.92 Å². The molecule has 0 bridgehead atoms. The van der Waals surface area contributed by atoms with Crippen molar-refractivity contribution in [3.05, 3.63) is 29.6 Å². The molecule has 0 saturated heterocycles. The average molecular weight is 241 g/mol. The minimum absolute atomic E-state index is 0.0493.